The Hall–Kier alpha value is -2.45. The summed E-state index contributed by atoms with van der Waals surface area (Å²) in [5.74, 6) is 0. The maximum atomic E-state index is 11.2. The highest BCUT2D eigenvalue weighted by atomic mass is 16.4. The Kier molecular flexibility index (Phi) is 11.5. The molecule has 0 aromatic heterocycles. The van der Waals surface area contributed by atoms with Crippen LogP contribution in [-0.2, 0) is 12.8 Å². The lowest BCUT2D eigenvalue weighted by Crippen LogP contribution is -2.51. The standard InChI is InChI=1S/C27H41N3O4/c1-27(2,3)14-15-29-22(16-20-10-6-4-7-11-20)24(31)18-28-19-25(32)23(30-26(33)34)17-21-12-8-5-9-13-21/h4-13,22-25,28-32H,14-19H2,1-3H3,(H,33,34)/t22-,23-,24?,25+/m0/s1. The van der Waals surface area contributed by atoms with Crippen LogP contribution in [-0.4, -0.2) is 65.3 Å². The van der Waals surface area contributed by atoms with Gasteiger partial charge in [-0.25, -0.2) is 4.79 Å². The first kappa shape index (κ1) is 27.8. The van der Waals surface area contributed by atoms with Crippen molar-refractivity contribution >= 4 is 6.09 Å². The lowest BCUT2D eigenvalue weighted by molar-refractivity contribution is 0.0980. The van der Waals surface area contributed by atoms with E-state index in [1.807, 2.05) is 60.7 Å². The zero-order valence-electron chi connectivity index (χ0n) is 20.6. The minimum atomic E-state index is -1.18. The molecule has 0 radical (unpaired) electrons. The van der Waals surface area contributed by atoms with Gasteiger partial charge in [-0.05, 0) is 42.3 Å². The predicted molar refractivity (Wildman–Crippen MR) is 136 cm³/mol. The van der Waals surface area contributed by atoms with Gasteiger partial charge < -0.3 is 31.3 Å². The van der Waals surface area contributed by atoms with Crippen molar-refractivity contribution < 1.29 is 20.1 Å². The summed E-state index contributed by atoms with van der Waals surface area (Å²) in [6.07, 6.45) is -0.737. The fraction of sp³-hybridized carbons (Fsp3) is 0.519. The van der Waals surface area contributed by atoms with E-state index < -0.39 is 24.3 Å². The van der Waals surface area contributed by atoms with E-state index in [-0.39, 0.29) is 24.5 Å². The summed E-state index contributed by atoms with van der Waals surface area (Å²) in [6.45, 7) is 7.81. The highest BCUT2D eigenvalue weighted by Crippen LogP contribution is 2.17. The van der Waals surface area contributed by atoms with Crippen molar-refractivity contribution in [2.45, 2.75) is 64.3 Å². The topological polar surface area (TPSA) is 114 Å². The third kappa shape index (κ3) is 11.1. The summed E-state index contributed by atoms with van der Waals surface area (Å²) in [5, 5.41) is 39.8. The molecule has 0 aliphatic carbocycles. The van der Waals surface area contributed by atoms with E-state index in [4.69, 9.17) is 0 Å². The van der Waals surface area contributed by atoms with Gasteiger partial charge in [0.25, 0.3) is 0 Å². The molecule has 0 saturated carbocycles. The van der Waals surface area contributed by atoms with Crippen LogP contribution in [0.3, 0.4) is 0 Å². The lowest BCUT2D eigenvalue weighted by Gasteiger charge is -2.28. The van der Waals surface area contributed by atoms with Crippen LogP contribution in [0.1, 0.15) is 38.3 Å². The number of aliphatic hydroxyl groups excluding tert-OH is 2. The highest BCUT2D eigenvalue weighted by Gasteiger charge is 2.24. The van der Waals surface area contributed by atoms with Crippen molar-refractivity contribution in [2.24, 2.45) is 5.41 Å². The van der Waals surface area contributed by atoms with Gasteiger partial charge in [0.15, 0.2) is 0 Å². The molecule has 0 heterocycles. The third-order valence-corrected chi connectivity index (χ3v) is 5.82. The third-order valence-electron chi connectivity index (χ3n) is 5.82. The molecule has 1 unspecified atom stereocenters. The summed E-state index contributed by atoms with van der Waals surface area (Å²) in [5.41, 5.74) is 2.28. The Labute approximate surface area is 203 Å². The summed E-state index contributed by atoms with van der Waals surface area (Å²) in [6, 6.07) is 18.7. The molecular weight excluding hydrogens is 430 g/mol. The SMILES string of the molecule is CC(C)(C)CCN[C@@H](Cc1ccccc1)C(O)CNC[C@@H](O)[C@H](Cc1ccccc1)NC(=O)O. The maximum absolute atomic E-state index is 11.2. The lowest BCUT2D eigenvalue weighted by atomic mass is 9.92. The molecule has 0 saturated heterocycles. The molecule has 0 fully saturated rings. The second-order valence-corrected chi connectivity index (χ2v) is 10.1. The molecule has 2 aromatic rings. The summed E-state index contributed by atoms with van der Waals surface area (Å²) in [4.78, 5) is 11.2. The number of amides is 1. The van der Waals surface area contributed by atoms with Gasteiger partial charge in [-0.1, -0.05) is 81.4 Å². The van der Waals surface area contributed by atoms with Gasteiger partial charge in [0.1, 0.15) is 0 Å². The van der Waals surface area contributed by atoms with Gasteiger partial charge in [-0.15, -0.1) is 0 Å². The Bertz CT molecular complexity index is 827. The van der Waals surface area contributed by atoms with Crippen molar-refractivity contribution in [1.82, 2.24) is 16.0 Å². The van der Waals surface area contributed by atoms with Crippen LogP contribution in [0, 0.1) is 5.41 Å². The van der Waals surface area contributed by atoms with E-state index in [1.165, 1.54) is 0 Å². The van der Waals surface area contributed by atoms with Gasteiger partial charge in [-0.2, -0.15) is 0 Å². The van der Waals surface area contributed by atoms with Gasteiger partial charge in [-0.3, -0.25) is 0 Å². The number of rotatable bonds is 14. The molecule has 0 spiro atoms. The van der Waals surface area contributed by atoms with Crippen LogP contribution in [0.15, 0.2) is 60.7 Å². The van der Waals surface area contributed by atoms with E-state index >= 15 is 0 Å². The quantitative estimate of drug-likeness (QED) is 0.253. The van der Waals surface area contributed by atoms with Crippen molar-refractivity contribution in [3.05, 3.63) is 71.8 Å². The number of carbonyl (C=O) groups is 1. The monoisotopic (exact) mass is 471 g/mol. The minimum Gasteiger partial charge on any atom is -0.465 e. The van der Waals surface area contributed by atoms with E-state index in [0.29, 0.717) is 12.8 Å². The smallest absolute Gasteiger partial charge is 0.404 e. The molecule has 188 valence electrons. The van der Waals surface area contributed by atoms with Crippen molar-refractivity contribution in [1.29, 1.82) is 0 Å². The largest absolute Gasteiger partial charge is 0.465 e. The van der Waals surface area contributed by atoms with Crippen LogP contribution >= 0.6 is 0 Å². The minimum absolute atomic E-state index is 0.147. The van der Waals surface area contributed by atoms with Crippen LogP contribution in [0.4, 0.5) is 4.79 Å². The fourth-order valence-corrected chi connectivity index (χ4v) is 3.82. The zero-order valence-corrected chi connectivity index (χ0v) is 20.6. The molecule has 7 nitrogen and oxygen atoms in total. The normalized spacial score (nSPS) is 15.3. The molecule has 2 aromatic carbocycles. The molecule has 34 heavy (non-hydrogen) atoms. The van der Waals surface area contributed by atoms with Gasteiger partial charge >= 0.3 is 6.09 Å². The van der Waals surface area contributed by atoms with Crippen LogP contribution in [0.2, 0.25) is 0 Å². The van der Waals surface area contributed by atoms with Crippen LogP contribution < -0.4 is 16.0 Å². The summed E-state index contributed by atoms with van der Waals surface area (Å²) >= 11 is 0. The fourth-order valence-electron chi connectivity index (χ4n) is 3.82. The highest BCUT2D eigenvalue weighted by molar-refractivity contribution is 5.65. The first-order valence-corrected chi connectivity index (χ1v) is 12.0. The van der Waals surface area contributed by atoms with Crippen LogP contribution in [0.25, 0.3) is 0 Å². The molecule has 6 N–H and O–H groups in total. The first-order chi connectivity index (χ1) is 16.1. The van der Waals surface area contributed by atoms with Gasteiger partial charge in [0.05, 0.1) is 18.2 Å². The van der Waals surface area contributed by atoms with E-state index in [0.717, 1.165) is 24.1 Å². The Morgan fingerprint density at radius 1 is 0.824 bits per heavy atom. The Balaban J connectivity index is 1.92. The first-order valence-electron chi connectivity index (χ1n) is 12.0. The van der Waals surface area contributed by atoms with E-state index in [9.17, 15) is 20.1 Å². The second kappa shape index (κ2) is 14.1. The van der Waals surface area contributed by atoms with E-state index in [2.05, 4.69) is 36.7 Å². The summed E-state index contributed by atoms with van der Waals surface area (Å²) < 4.78 is 0. The maximum Gasteiger partial charge on any atom is 0.404 e. The zero-order chi connectivity index (χ0) is 25.0. The van der Waals surface area contributed by atoms with E-state index in [1.54, 1.807) is 0 Å². The van der Waals surface area contributed by atoms with Gasteiger partial charge in [0.2, 0.25) is 0 Å². The molecule has 0 aliphatic rings. The van der Waals surface area contributed by atoms with Gasteiger partial charge in [0, 0.05) is 19.1 Å². The Morgan fingerprint density at radius 3 is 1.76 bits per heavy atom. The molecule has 7 heteroatoms. The Morgan fingerprint density at radius 2 is 1.29 bits per heavy atom. The van der Waals surface area contributed by atoms with Crippen molar-refractivity contribution in [2.75, 3.05) is 19.6 Å². The molecular formula is C27H41N3O4. The molecule has 0 aliphatic heterocycles. The second-order valence-electron chi connectivity index (χ2n) is 10.1. The average Bonchev–Trinajstić information content (AvgIpc) is 2.78. The molecule has 4 atom stereocenters. The van der Waals surface area contributed by atoms with Crippen LogP contribution in [0.5, 0.6) is 0 Å². The number of benzene rings is 2. The number of carboxylic acid groups (broad SMARTS) is 1. The molecule has 2 rings (SSSR count). The van der Waals surface area contributed by atoms with Crippen molar-refractivity contribution in [3.63, 3.8) is 0 Å². The molecule has 1 amide bonds. The summed E-state index contributed by atoms with van der Waals surface area (Å²) in [7, 11) is 0. The molecule has 0 bridgehead atoms. The number of aliphatic hydroxyl groups is 2. The average molecular weight is 472 g/mol. The predicted octanol–water partition coefficient (Wildman–Crippen LogP) is 2.81. The number of hydrogen-bond acceptors (Lipinski definition) is 5. The van der Waals surface area contributed by atoms with Crippen molar-refractivity contribution in [3.8, 4) is 0 Å². The number of nitrogens with one attached hydrogen (secondary N) is 3. The number of hydrogen-bond donors (Lipinski definition) is 6.